The van der Waals surface area contributed by atoms with Gasteiger partial charge < -0.3 is 19.9 Å². The fourth-order valence-electron chi connectivity index (χ4n) is 4.08. The Hall–Kier alpha value is -3.06. The van der Waals surface area contributed by atoms with Crippen molar-refractivity contribution in [3.05, 3.63) is 107 Å². The molecule has 8 heteroatoms. The first-order chi connectivity index (χ1) is 15.5. The molecule has 1 aliphatic heterocycles. The van der Waals surface area contributed by atoms with Gasteiger partial charge >= 0.3 is 0 Å². The molecule has 32 heavy (non-hydrogen) atoms. The molecule has 4 aromatic rings. The van der Waals surface area contributed by atoms with E-state index in [1.807, 2.05) is 64.2 Å². The number of hydrogen-bond donors (Lipinski definition) is 2. The van der Waals surface area contributed by atoms with E-state index < -0.39 is 0 Å². The Balaban J connectivity index is 1.68. The fraction of sp³-hybridized carbons (Fsp3) is 0.0833. The molecule has 5 rings (SSSR count). The number of thiocarbonyl (C=S) groups is 1. The Morgan fingerprint density at radius 1 is 0.969 bits per heavy atom. The second-order valence-electron chi connectivity index (χ2n) is 7.41. The number of phenolic OH excluding ortho intramolecular Hbond substituents is 1. The maximum atomic E-state index is 9.78. The van der Waals surface area contributed by atoms with Crippen LogP contribution in [0.25, 0.3) is 5.69 Å². The Morgan fingerprint density at radius 2 is 1.78 bits per heavy atom. The number of nitrogens with zero attached hydrogens (tertiary/aromatic N) is 3. The van der Waals surface area contributed by atoms with Gasteiger partial charge in [0.25, 0.3) is 0 Å². The molecule has 0 unspecified atom stereocenters. The van der Waals surface area contributed by atoms with E-state index in [2.05, 4.69) is 16.4 Å². The van der Waals surface area contributed by atoms with Crippen LogP contribution >= 0.6 is 35.4 Å². The molecule has 160 valence electrons. The maximum Gasteiger partial charge on any atom is 0.174 e. The van der Waals surface area contributed by atoms with Gasteiger partial charge in [-0.05, 0) is 78.9 Å². The second kappa shape index (κ2) is 8.47. The summed E-state index contributed by atoms with van der Waals surface area (Å²) in [7, 11) is 0. The van der Waals surface area contributed by atoms with Crippen LogP contribution in [0.3, 0.4) is 0 Å². The SMILES string of the molecule is Oc1ccc(N2C(=S)N[C@@H](c3ccccn3)[C@@H]2c2cccn2-c2ccc(Cl)cc2Cl)cc1. The van der Waals surface area contributed by atoms with E-state index in [4.69, 9.17) is 35.4 Å². The van der Waals surface area contributed by atoms with Gasteiger partial charge in [0.05, 0.1) is 22.4 Å². The van der Waals surface area contributed by atoms with Crippen LogP contribution in [-0.2, 0) is 0 Å². The summed E-state index contributed by atoms with van der Waals surface area (Å²) in [6, 6.07) is 21.9. The zero-order chi connectivity index (χ0) is 22.2. The van der Waals surface area contributed by atoms with Crippen molar-refractivity contribution in [3.8, 4) is 11.4 Å². The Bertz CT molecular complexity index is 1280. The average Bonchev–Trinajstić information content (AvgIpc) is 3.39. The number of nitrogens with one attached hydrogen (secondary N) is 1. The summed E-state index contributed by atoms with van der Waals surface area (Å²) in [6.45, 7) is 0. The first-order valence-electron chi connectivity index (χ1n) is 9.95. The average molecular weight is 481 g/mol. The van der Waals surface area contributed by atoms with E-state index in [1.165, 1.54) is 0 Å². The first kappa shape index (κ1) is 20.8. The molecule has 2 aromatic heterocycles. The lowest BCUT2D eigenvalue weighted by molar-refractivity contribution is 0.475. The van der Waals surface area contributed by atoms with Crippen molar-refractivity contribution in [2.75, 3.05) is 4.90 Å². The lowest BCUT2D eigenvalue weighted by Crippen LogP contribution is -2.30. The largest absolute Gasteiger partial charge is 0.508 e. The molecule has 3 heterocycles. The van der Waals surface area contributed by atoms with E-state index in [-0.39, 0.29) is 17.8 Å². The molecular weight excluding hydrogens is 463 g/mol. The first-order valence-corrected chi connectivity index (χ1v) is 11.1. The lowest BCUT2D eigenvalue weighted by Gasteiger charge is -2.29. The van der Waals surface area contributed by atoms with Gasteiger partial charge in [0.1, 0.15) is 11.8 Å². The van der Waals surface area contributed by atoms with Gasteiger partial charge in [-0.25, -0.2) is 0 Å². The number of phenols is 1. The standard InChI is InChI=1S/C24H18Cl2N4OS/c25-15-6-11-20(18(26)14-15)29-13-3-5-21(29)23-22(19-4-1-2-12-27-19)28-24(32)30(23)16-7-9-17(31)10-8-16/h1-14,22-23,31H,(H,28,32)/t22-,23-/m0/s1. The minimum Gasteiger partial charge on any atom is -0.508 e. The summed E-state index contributed by atoms with van der Waals surface area (Å²) in [6.07, 6.45) is 3.74. The minimum absolute atomic E-state index is 0.195. The predicted molar refractivity (Wildman–Crippen MR) is 132 cm³/mol. The zero-order valence-electron chi connectivity index (χ0n) is 16.7. The van der Waals surface area contributed by atoms with Crippen molar-refractivity contribution in [3.63, 3.8) is 0 Å². The molecule has 2 N–H and O–H groups in total. The van der Waals surface area contributed by atoms with Gasteiger partial charge in [-0.3, -0.25) is 4.98 Å². The smallest absolute Gasteiger partial charge is 0.174 e. The minimum atomic E-state index is -0.219. The number of aromatic hydroxyl groups is 1. The molecule has 1 fully saturated rings. The third-order valence-corrected chi connectivity index (χ3v) is 6.33. The number of aromatic nitrogens is 2. The van der Waals surface area contributed by atoms with E-state index >= 15 is 0 Å². The van der Waals surface area contributed by atoms with E-state index in [1.54, 1.807) is 24.4 Å². The third-order valence-electron chi connectivity index (χ3n) is 5.48. The summed E-state index contributed by atoms with van der Waals surface area (Å²) in [5.74, 6) is 0.195. The fourth-order valence-corrected chi connectivity index (χ4v) is 4.92. The highest BCUT2D eigenvalue weighted by atomic mass is 35.5. The molecule has 1 aliphatic rings. The number of hydrogen-bond acceptors (Lipinski definition) is 3. The van der Waals surface area contributed by atoms with E-state index in [0.717, 1.165) is 22.8 Å². The molecule has 0 bridgehead atoms. The summed E-state index contributed by atoms with van der Waals surface area (Å²) in [5, 5.41) is 14.9. The van der Waals surface area contributed by atoms with Crippen molar-refractivity contribution in [1.29, 1.82) is 0 Å². The van der Waals surface area contributed by atoms with Crippen LogP contribution < -0.4 is 10.2 Å². The van der Waals surface area contributed by atoms with Gasteiger partial charge in [0.15, 0.2) is 5.11 Å². The Labute approximate surface area is 200 Å². The van der Waals surface area contributed by atoms with Crippen LogP contribution in [0, 0.1) is 0 Å². The van der Waals surface area contributed by atoms with Crippen LogP contribution in [0.4, 0.5) is 5.69 Å². The summed E-state index contributed by atoms with van der Waals surface area (Å²) in [5.41, 5.74) is 3.53. The quantitative estimate of drug-likeness (QED) is 0.347. The Kier molecular flexibility index (Phi) is 5.51. The van der Waals surface area contributed by atoms with Gasteiger partial charge in [0.2, 0.25) is 0 Å². The van der Waals surface area contributed by atoms with Crippen molar-refractivity contribution in [2.24, 2.45) is 0 Å². The normalized spacial score (nSPS) is 18.1. The van der Waals surface area contributed by atoms with Crippen molar-refractivity contribution in [1.82, 2.24) is 14.9 Å². The number of anilines is 1. The predicted octanol–water partition coefficient (Wildman–Crippen LogP) is 6.06. The van der Waals surface area contributed by atoms with Crippen LogP contribution in [0.2, 0.25) is 10.0 Å². The van der Waals surface area contributed by atoms with Crippen LogP contribution in [-0.4, -0.2) is 19.8 Å². The second-order valence-corrected chi connectivity index (χ2v) is 8.64. The van der Waals surface area contributed by atoms with Crippen molar-refractivity contribution >= 4 is 46.2 Å². The number of benzene rings is 2. The molecule has 0 saturated carbocycles. The van der Waals surface area contributed by atoms with Crippen LogP contribution in [0.5, 0.6) is 5.75 Å². The van der Waals surface area contributed by atoms with Gasteiger partial charge in [-0.15, -0.1) is 0 Å². The number of halogens is 2. The highest BCUT2D eigenvalue weighted by Crippen LogP contribution is 2.43. The monoisotopic (exact) mass is 480 g/mol. The lowest BCUT2D eigenvalue weighted by atomic mass is 10.0. The van der Waals surface area contributed by atoms with Crippen molar-refractivity contribution in [2.45, 2.75) is 12.1 Å². The molecule has 0 amide bonds. The maximum absolute atomic E-state index is 9.78. The highest BCUT2D eigenvalue weighted by molar-refractivity contribution is 7.80. The molecular formula is C24H18Cl2N4OS. The van der Waals surface area contributed by atoms with Crippen LogP contribution in [0.1, 0.15) is 23.5 Å². The molecule has 2 aromatic carbocycles. The van der Waals surface area contributed by atoms with E-state index in [9.17, 15) is 5.11 Å². The van der Waals surface area contributed by atoms with Gasteiger partial charge in [-0.2, -0.15) is 0 Å². The summed E-state index contributed by atoms with van der Waals surface area (Å²) < 4.78 is 2.04. The topological polar surface area (TPSA) is 53.3 Å². The molecule has 2 atom stereocenters. The molecule has 0 aliphatic carbocycles. The number of pyridine rings is 1. The molecule has 0 radical (unpaired) electrons. The summed E-state index contributed by atoms with van der Waals surface area (Å²) in [4.78, 5) is 6.63. The molecule has 0 spiro atoms. The molecule has 5 nitrogen and oxygen atoms in total. The van der Waals surface area contributed by atoms with Crippen LogP contribution in [0.15, 0.2) is 85.2 Å². The third kappa shape index (κ3) is 3.71. The summed E-state index contributed by atoms with van der Waals surface area (Å²) >= 11 is 18.4. The van der Waals surface area contributed by atoms with Gasteiger partial charge in [-0.1, -0.05) is 29.3 Å². The van der Waals surface area contributed by atoms with Crippen molar-refractivity contribution < 1.29 is 5.11 Å². The molecule has 1 saturated heterocycles. The number of rotatable bonds is 4. The van der Waals surface area contributed by atoms with Gasteiger partial charge in [0, 0.05) is 28.8 Å². The zero-order valence-corrected chi connectivity index (χ0v) is 19.0. The van der Waals surface area contributed by atoms with E-state index in [0.29, 0.717) is 15.2 Å². The Morgan fingerprint density at radius 3 is 2.50 bits per heavy atom. The highest BCUT2D eigenvalue weighted by Gasteiger charge is 2.42.